The van der Waals surface area contributed by atoms with E-state index in [1.807, 2.05) is 18.3 Å². The number of pyridine rings is 1. The van der Waals surface area contributed by atoms with Crippen LogP contribution in [0.1, 0.15) is 23.5 Å². The van der Waals surface area contributed by atoms with Crippen LogP contribution >= 0.6 is 0 Å². The number of rotatable bonds is 2. The Bertz CT molecular complexity index is 913. The van der Waals surface area contributed by atoms with Gasteiger partial charge in [0, 0.05) is 41.6 Å². The predicted octanol–water partition coefficient (Wildman–Crippen LogP) is 2.97. The molecule has 128 valence electrons. The highest BCUT2D eigenvalue weighted by Gasteiger charge is 2.39. The molecule has 2 aromatic heterocycles. The molecule has 3 atom stereocenters. The highest BCUT2D eigenvalue weighted by Crippen LogP contribution is 2.43. The molecule has 1 aliphatic heterocycles. The summed E-state index contributed by atoms with van der Waals surface area (Å²) < 4.78 is 0. The zero-order valence-corrected chi connectivity index (χ0v) is 14.4. The Morgan fingerprint density at radius 2 is 2.20 bits per heavy atom. The molecule has 1 saturated heterocycles. The lowest BCUT2D eigenvalue weighted by molar-refractivity contribution is 0.147. The molecule has 0 unspecified atom stereocenters. The van der Waals surface area contributed by atoms with Gasteiger partial charge >= 0.3 is 0 Å². The zero-order valence-electron chi connectivity index (χ0n) is 14.4. The number of H-pyrrole nitrogens is 1. The van der Waals surface area contributed by atoms with Crippen LogP contribution in [0.2, 0.25) is 0 Å². The molecule has 1 aliphatic carbocycles. The quantitative estimate of drug-likeness (QED) is 0.674. The minimum Gasteiger partial charge on any atom is -0.384 e. The molecule has 0 saturated carbocycles. The van der Waals surface area contributed by atoms with Crippen LogP contribution in [-0.2, 0) is 6.42 Å². The Kier molecular flexibility index (Phi) is 3.25. The molecule has 5 heteroatoms. The van der Waals surface area contributed by atoms with Crippen molar-refractivity contribution in [3.8, 4) is 0 Å². The molecule has 0 bridgehead atoms. The molecule has 0 radical (unpaired) electrons. The number of anilines is 2. The Morgan fingerprint density at radius 1 is 1.28 bits per heavy atom. The molecule has 0 amide bonds. The maximum Gasteiger partial charge on any atom is 0.123 e. The van der Waals surface area contributed by atoms with E-state index in [0.29, 0.717) is 23.8 Å². The number of benzene rings is 1. The van der Waals surface area contributed by atoms with Crippen molar-refractivity contribution in [3.05, 3.63) is 53.9 Å². The average molecular weight is 333 g/mol. The smallest absolute Gasteiger partial charge is 0.123 e. The van der Waals surface area contributed by atoms with Crippen LogP contribution in [-0.4, -0.2) is 40.5 Å². The third-order valence-electron chi connectivity index (χ3n) is 5.88. The van der Waals surface area contributed by atoms with Crippen LogP contribution in [0.15, 0.2) is 42.7 Å². The van der Waals surface area contributed by atoms with E-state index < -0.39 is 0 Å². The SMILES string of the molecule is CN1C[C@H](Nc2ccc(N)nc2)C[C@@H]2c3cccc4[nH]cc(c34)C[C@H]21. The summed E-state index contributed by atoms with van der Waals surface area (Å²) in [5, 5.41) is 5.10. The van der Waals surface area contributed by atoms with Crippen molar-refractivity contribution in [2.45, 2.75) is 30.8 Å². The molecule has 5 nitrogen and oxygen atoms in total. The van der Waals surface area contributed by atoms with Gasteiger partial charge in [-0.15, -0.1) is 0 Å². The Balaban J connectivity index is 1.47. The Hall–Kier alpha value is -2.53. The lowest BCUT2D eigenvalue weighted by Gasteiger charge is -2.45. The monoisotopic (exact) mass is 333 g/mol. The molecule has 4 N–H and O–H groups in total. The molecule has 3 aromatic rings. The van der Waals surface area contributed by atoms with Crippen molar-refractivity contribution < 1.29 is 0 Å². The summed E-state index contributed by atoms with van der Waals surface area (Å²) in [6.07, 6.45) is 6.30. The number of aromatic nitrogens is 2. The van der Waals surface area contributed by atoms with Gasteiger partial charge in [0.2, 0.25) is 0 Å². The van der Waals surface area contributed by atoms with Crippen molar-refractivity contribution in [1.82, 2.24) is 14.9 Å². The van der Waals surface area contributed by atoms with Gasteiger partial charge in [-0.3, -0.25) is 0 Å². The number of hydrogen-bond acceptors (Lipinski definition) is 4. The number of nitrogens with two attached hydrogens (primary N) is 1. The van der Waals surface area contributed by atoms with Crippen LogP contribution in [0.5, 0.6) is 0 Å². The molecule has 5 rings (SSSR count). The maximum atomic E-state index is 5.70. The first-order valence-corrected chi connectivity index (χ1v) is 8.96. The Morgan fingerprint density at radius 3 is 3.04 bits per heavy atom. The lowest BCUT2D eigenvalue weighted by Crippen LogP contribution is -2.51. The van der Waals surface area contributed by atoms with Gasteiger partial charge in [0.1, 0.15) is 5.82 Å². The van der Waals surface area contributed by atoms with Crippen molar-refractivity contribution in [2.75, 3.05) is 24.6 Å². The van der Waals surface area contributed by atoms with Crippen LogP contribution in [0.4, 0.5) is 11.5 Å². The number of nitrogens with zero attached hydrogens (tertiary/aromatic N) is 2. The average Bonchev–Trinajstić information content (AvgIpc) is 3.03. The van der Waals surface area contributed by atoms with Gasteiger partial charge in [-0.1, -0.05) is 12.1 Å². The largest absolute Gasteiger partial charge is 0.384 e. The minimum absolute atomic E-state index is 0.410. The number of hydrogen-bond donors (Lipinski definition) is 3. The fraction of sp³-hybridized carbons (Fsp3) is 0.350. The summed E-state index contributed by atoms with van der Waals surface area (Å²) in [7, 11) is 2.25. The van der Waals surface area contributed by atoms with E-state index in [9.17, 15) is 0 Å². The third kappa shape index (κ3) is 2.38. The summed E-state index contributed by atoms with van der Waals surface area (Å²) in [5.74, 6) is 1.12. The fourth-order valence-electron chi connectivity index (χ4n) is 4.77. The van der Waals surface area contributed by atoms with Crippen LogP contribution in [0.25, 0.3) is 10.9 Å². The van der Waals surface area contributed by atoms with Gasteiger partial charge in [-0.25, -0.2) is 4.98 Å². The van der Waals surface area contributed by atoms with Gasteiger partial charge in [0.05, 0.1) is 11.9 Å². The summed E-state index contributed by atoms with van der Waals surface area (Å²) >= 11 is 0. The number of nitrogen functional groups attached to an aromatic ring is 1. The molecule has 2 aliphatic rings. The molecule has 1 aromatic carbocycles. The molecule has 3 heterocycles. The van der Waals surface area contributed by atoms with E-state index in [2.05, 4.69) is 51.6 Å². The highest BCUT2D eigenvalue weighted by atomic mass is 15.2. The first kappa shape index (κ1) is 14.8. The summed E-state index contributed by atoms with van der Waals surface area (Å²) in [5.41, 5.74) is 11.0. The first-order valence-electron chi connectivity index (χ1n) is 8.96. The second-order valence-electron chi connectivity index (χ2n) is 7.45. The van der Waals surface area contributed by atoms with Gasteiger partial charge in [0.25, 0.3) is 0 Å². The molecular weight excluding hydrogens is 310 g/mol. The number of piperidine rings is 1. The fourth-order valence-corrected chi connectivity index (χ4v) is 4.77. The minimum atomic E-state index is 0.410. The summed E-state index contributed by atoms with van der Waals surface area (Å²) in [4.78, 5) is 10.2. The number of likely N-dealkylation sites (N-methyl/N-ethyl adjacent to an activating group) is 1. The van der Waals surface area contributed by atoms with Crippen LogP contribution in [0.3, 0.4) is 0 Å². The van der Waals surface area contributed by atoms with E-state index in [1.54, 1.807) is 0 Å². The summed E-state index contributed by atoms with van der Waals surface area (Å²) in [6, 6.07) is 11.5. The Labute approximate surface area is 147 Å². The standard InChI is InChI=1S/C20H23N5/c1-25-11-14(24-13-5-6-19(21)23-10-13)8-16-15-3-2-4-17-20(15)12(9-22-17)7-18(16)25/h2-6,9-10,14,16,18,22,24H,7-8,11H2,1H3,(H2,21,23)/t14-,16-,18-/m1/s1. The van der Waals surface area contributed by atoms with Crippen LogP contribution in [0, 0.1) is 0 Å². The normalized spacial score (nSPS) is 25.7. The molecular formula is C20H23N5. The molecule has 1 fully saturated rings. The second-order valence-corrected chi connectivity index (χ2v) is 7.45. The second kappa shape index (κ2) is 5.49. The number of fused-ring (bicyclic) bond motifs is 2. The van der Waals surface area contributed by atoms with Gasteiger partial charge < -0.3 is 20.9 Å². The van der Waals surface area contributed by atoms with Gasteiger partial charge in [-0.2, -0.15) is 0 Å². The van der Waals surface area contributed by atoms with Crippen molar-refractivity contribution in [3.63, 3.8) is 0 Å². The van der Waals surface area contributed by atoms with Gasteiger partial charge in [-0.05, 0) is 49.2 Å². The molecule has 25 heavy (non-hydrogen) atoms. The van der Waals surface area contributed by atoms with Crippen molar-refractivity contribution >= 4 is 22.4 Å². The van der Waals surface area contributed by atoms with Gasteiger partial charge in [0.15, 0.2) is 0 Å². The number of nitrogens with one attached hydrogen (secondary N) is 2. The maximum absolute atomic E-state index is 5.70. The van der Waals surface area contributed by atoms with E-state index in [4.69, 9.17) is 5.73 Å². The van der Waals surface area contributed by atoms with E-state index in [-0.39, 0.29) is 0 Å². The first-order chi connectivity index (χ1) is 12.2. The number of likely N-dealkylation sites (tertiary alicyclic amines) is 1. The third-order valence-corrected chi connectivity index (χ3v) is 5.88. The van der Waals surface area contributed by atoms with E-state index in [1.165, 1.54) is 22.0 Å². The van der Waals surface area contributed by atoms with E-state index >= 15 is 0 Å². The number of aromatic amines is 1. The summed E-state index contributed by atoms with van der Waals surface area (Å²) in [6.45, 7) is 1.04. The molecule has 0 spiro atoms. The zero-order chi connectivity index (χ0) is 17.0. The van der Waals surface area contributed by atoms with Crippen molar-refractivity contribution in [1.29, 1.82) is 0 Å². The lowest BCUT2D eigenvalue weighted by atomic mass is 9.74. The topological polar surface area (TPSA) is 70.0 Å². The van der Waals surface area contributed by atoms with Crippen LogP contribution < -0.4 is 11.1 Å². The van der Waals surface area contributed by atoms with Crippen molar-refractivity contribution in [2.24, 2.45) is 0 Å². The highest BCUT2D eigenvalue weighted by molar-refractivity contribution is 5.88. The van der Waals surface area contributed by atoms with E-state index in [0.717, 1.165) is 25.1 Å². The predicted molar refractivity (Wildman–Crippen MR) is 102 cm³/mol.